The molecule has 1 unspecified atom stereocenters. The molecule has 0 radical (unpaired) electrons. The zero-order valence-corrected chi connectivity index (χ0v) is 16.9. The number of halogens is 1. The van der Waals surface area contributed by atoms with Crippen LogP contribution in [0.1, 0.15) is 77.0 Å². The summed E-state index contributed by atoms with van der Waals surface area (Å²) in [6.07, 6.45) is 6.78. The second-order valence-corrected chi connectivity index (χ2v) is 7.82. The molecule has 0 bridgehead atoms. The summed E-state index contributed by atoms with van der Waals surface area (Å²) in [4.78, 5) is 6.11. The average Bonchev–Trinajstić information content (AvgIpc) is 3.39. The third-order valence-electron chi connectivity index (χ3n) is 5.79. The second kappa shape index (κ2) is 7.45. The van der Waals surface area contributed by atoms with E-state index in [4.69, 9.17) is 22.4 Å². The molecule has 2 aliphatic rings. The predicted octanol–water partition coefficient (Wildman–Crippen LogP) is 5.60. The SMILES string of the molecule is CC.CCC(C)c1cc(C2(C(=N)N(C)C=N)CC3(CC3)C2)cc(Cl)n1. The average molecular weight is 363 g/mol. The van der Waals surface area contributed by atoms with Crippen LogP contribution in [0, 0.1) is 16.2 Å². The van der Waals surface area contributed by atoms with E-state index < -0.39 is 0 Å². The van der Waals surface area contributed by atoms with Crippen molar-refractivity contribution in [2.24, 2.45) is 5.41 Å². The van der Waals surface area contributed by atoms with Crippen LogP contribution in [0.2, 0.25) is 5.15 Å². The van der Waals surface area contributed by atoms with Gasteiger partial charge in [0, 0.05) is 12.7 Å². The molecule has 138 valence electrons. The Hall–Kier alpha value is -1.42. The van der Waals surface area contributed by atoms with E-state index >= 15 is 0 Å². The highest BCUT2D eigenvalue weighted by molar-refractivity contribution is 6.29. The quantitative estimate of drug-likeness (QED) is 0.406. The van der Waals surface area contributed by atoms with Gasteiger partial charge in [0.15, 0.2) is 0 Å². The van der Waals surface area contributed by atoms with Crippen molar-refractivity contribution in [3.63, 3.8) is 0 Å². The van der Waals surface area contributed by atoms with Crippen LogP contribution < -0.4 is 0 Å². The van der Waals surface area contributed by atoms with Crippen molar-refractivity contribution in [1.29, 1.82) is 10.8 Å². The topological polar surface area (TPSA) is 63.8 Å². The van der Waals surface area contributed by atoms with Gasteiger partial charge in [-0.3, -0.25) is 10.8 Å². The minimum Gasteiger partial charge on any atom is -0.324 e. The van der Waals surface area contributed by atoms with Crippen LogP contribution in [0.15, 0.2) is 12.1 Å². The molecule has 2 N–H and O–H groups in total. The predicted molar refractivity (Wildman–Crippen MR) is 106 cm³/mol. The molecule has 25 heavy (non-hydrogen) atoms. The maximum Gasteiger partial charge on any atom is 0.129 e. The van der Waals surface area contributed by atoms with E-state index in [0.717, 1.165) is 30.5 Å². The first-order chi connectivity index (χ1) is 11.9. The number of pyridine rings is 1. The molecule has 5 heteroatoms. The van der Waals surface area contributed by atoms with E-state index in [2.05, 4.69) is 24.9 Å². The summed E-state index contributed by atoms with van der Waals surface area (Å²) in [5, 5.41) is 16.7. The van der Waals surface area contributed by atoms with E-state index in [1.165, 1.54) is 19.2 Å². The van der Waals surface area contributed by atoms with Gasteiger partial charge in [-0.2, -0.15) is 0 Å². The molecule has 2 fully saturated rings. The fourth-order valence-corrected chi connectivity index (χ4v) is 4.14. The number of hydrogen-bond acceptors (Lipinski definition) is 3. The lowest BCUT2D eigenvalue weighted by atomic mass is 9.55. The van der Waals surface area contributed by atoms with Gasteiger partial charge in [-0.15, -0.1) is 0 Å². The first-order valence-electron chi connectivity index (χ1n) is 9.36. The Bertz CT molecular complexity index is 643. The fourth-order valence-electron chi connectivity index (χ4n) is 3.92. The first-order valence-corrected chi connectivity index (χ1v) is 9.74. The summed E-state index contributed by atoms with van der Waals surface area (Å²) in [6.45, 7) is 8.31. The van der Waals surface area contributed by atoms with E-state index in [1.54, 1.807) is 11.9 Å². The first kappa shape index (κ1) is 19.9. The molecule has 1 atom stereocenters. The van der Waals surface area contributed by atoms with Crippen LogP contribution in [0.5, 0.6) is 0 Å². The highest BCUT2D eigenvalue weighted by Gasteiger charge is 2.63. The number of rotatable bonds is 5. The van der Waals surface area contributed by atoms with Crippen molar-refractivity contribution in [3.05, 3.63) is 28.5 Å². The summed E-state index contributed by atoms with van der Waals surface area (Å²) in [6, 6.07) is 4.07. The number of hydrogen-bond donors (Lipinski definition) is 2. The lowest BCUT2D eigenvalue weighted by molar-refractivity contribution is 0.174. The third-order valence-corrected chi connectivity index (χ3v) is 5.99. The minimum atomic E-state index is -0.308. The number of nitrogens with zero attached hydrogens (tertiary/aromatic N) is 2. The Morgan fingerprint density at radius 3 is 2.44 bits per heavy atom. The largest absolute Gasteiger partial charge is 0.324 e. The van der Waals surface area contributed by atoms with Crippen LogP contribution in [0.25, 0.3) is 0 Å². The molecule has 1 aromatic rings. The standard InChI is InChI=1S/C18H25ClN4.C2H6/c1-4-12(2)14-7-13(8-15(19)22-14)18(16(21)23(3)11-20)9-17(10-18)5-6-17;1-2/h7-8,11-12,20-21H,4-6,9-10H2,1-3H3;1-2H3. The van der Waals surface area contributed by atoms with Crippen LogP contribution >= 0.6 is 11.6 Å². The number of amidine groups is 1. The van der Waals surface area contributed by atoms with E-state index in [-0.39, 0.29) is 5.41 Å². The molecule has 4 nitrogen and oxygen atoms in total. The summed E-state index contributed by atoms with van der Waals surface area (Å²) in [5.41, 5.74) is 2.25. The van der Waals surface area contributed by atoms with Crippen molar-refractivity contribution in [2.45, 2.75) is 71.1 Å². The second-order valence-electron chi connectivity index (χ2n) is 7.44. The van der Waals surface area contributed by atoms with Gasteiger partial charge in [0.2, 0.25) is 0 Å². The Kier molecular flexibility index (Phi) is 5.93. The highest BCUT2D eigenvalue weighted by atomic mass is 35.5. The molecule has 0 aromatic carbocycles. The Morgan fingerprint density at radius 1 is 1.36 bits per heavy atom. The van der Waals surface area contributed by atoms with Crippen LogP contribution in [0.4, 0.5) is 0 Å². The van der Waals surface area contributed by atoms with Crippen molar-refractivity contribution < 1.29 is 0 Å². The maximum atomic E-state index is 8.65. The smallest absolute Gasteiger partial charge is 0.129 e. The Morgan fingerprint density at radius 2 is 1.96 bits per heavy atom. The van der Waals surface area contributed by atoms with Crippen LogP contribution in [0.3, 0.4) is 0 Å². The van der Waals surface area contributed by atoms with E-state index in [0.29, 0.717) is 22.3 Å². The van der Waals surface area contributed by atoms with E-state index in [9.17, 15) is 0 Å². The molecule has 1 heterocycles. The van der Waals surface area contributed by atoms with Gasteiger partial charge >= 0.3 is 0 Å². The van der Waals surface area contributed by atoms with E-state index in [1.807, 2.05) is 19.9 Å². The van der Waals surface area contributed by atoms with Gasteiger partial charge < -0.3 is 4.90 Å². The van der Waals surface area contributed by atoms with Gasteiger partial charge in [-0.25, -0.2) is 4.98 Å². The molecule has 3 rings (SSSR count). The van der Waals surface area contributed by atoms with Gasteiger partial charge in [-0.1, -0.05) is 39.3 Å². The number of nitrogens with one attached hydrogen (secondary N) is 2. The summed E-state index contributed by atoms with van der Waals surface area (Å²) in [7, 11) is 1.79. The molecular weight excluding hydrogens is 332 g/mol. The zero-order valence-electron chi connectivity index (χ0n) is 16.1. The maximum absolute atomic E-state index is 8.65. The molecule has 0 saturated heterocycles. The van der Waals surface area contributed by atoms with Crippen LogP contribution in [-0.4, -0.2) is 29.1 Å². The fraction of sp³-hybridized carbons (Fsp3) is 0.650. The van der Waals surface area contributed by atoms with Gasteiger partial charge in [0.05, 0.1) is 11.8 Å². The van der Waals surface area contributed by atoms with Crippen molar-refractivity contribution >= 4 is 23.8 Å². The van der Waals surface area contributed by atoms with Crippen molar-refractivity contribution in [2.75, 3.05) is 7.05 Å². The third kappa shape index (κ3) is 3.59. The lowest BCUT2D eigenvalue weighted by Gasteiger charge is -2.50. The summed E-state index contributed by atoms with van der Waals surface area (Å²) >= 11 is 6.30. The number of likely N-dealkylation sites (N-methyl/N-ethyl adjacent to an activating group) is 1. The molecule has 2 aliphatic carbocycles. The summed E-state index contributed by atoms with van der Waals surface area (Å²) in [5.74, 6) is 0.858. The highest BCUT2D eigenvalue weighted by Crippen LogP contribution is 2.69. The Labute approximate surface area is 157 Å². The van der Waals surface area contributed by atoms with Crippen molar-refractivity contribution in [1.82, 2.24) is 9.88 Å². The monoisotopic (exact) mass is 362 g/mol. The molecular formula is C20H31ClN4. The minimum absolute atomic E-state index is 0.308. The zero-order chi connectivity index (χ0) is 18.8. The van der Waals surface area contributed by atoms with Crippen LogP contribution in [-0.2, 0) is 5.41 Å². The molecule has 0 aliphatic heterocycles. The summed E-state index contributed by atoms with van der Waals surface area (Å²) < 4.78 is 0. The van der Waals surface area contributed by atoms with Crippen molar-refractivity contribution in [3.8, 4) is 0 Å². The van der Waals surface area contributed by atoms with Gasteiger partial charge in [0.1, 0.15) is 11.0 Å². The normalized spacial score (nSPS) is 19.9. The Balaban J connectivity index is 0.00000109. The molecule has 2 saturated carbocycles. The lowest BCUT2D eigenvalue weighted by Crippen LogP contribution is -2.53. The molecule has 0 amide bonds. The van der Waals surface area contributed by atoms with Gasteiger partial charge in [-0.05, 0) is 61.1 Å². The van der Waals surface area contributed by atoms with Gasteiger partial charge in [0.25, 0.3) is 0 Å². The molecule has 1 spiro atoms. The molecule has 1 aromatic heterocycles. The number of aromatic nitrogens is 1.